The Bertz CT molecular complexity index is 609. The Kier molecular flexibility index (Phi) is 4.37. The second-order valence-corrected chi connectivity index (χ2v) is 4.64. The van der Waals surface area contributed by atoms with Crippen LogP contribution >= 0.6 is 11.6 Å². The minimum Gasteiger partial charge on any atom is -0.393 e. The van der Waals surface area contributed by atoms with Gasteiger partial charge in [0.15, 0.2) is 11.0 Å². The van der Waals surface area contributed by atoms with Crippen molar-refractivity contribution in [2.75, 3.05) is 30.2 Å². The van der Waals surface area contributed by atoms with Crippen LogP contribution in [-0.4, -0.2) is 30.3 Å². The molecular weight excluding hydrogens is 276 g/mol. The minimum atomic E-state index is 0.202. The van der Waals surface area contributed by atoms with E-state index in [1.54, 1.807) is 6.21 Å². The predicted molar refractivity (Wildman–Crippen MR) is 83.4 cm³/mol. The third kappa shape index (κ3) is 3.36. The van der Waals surface area contributed by atoms with Crippen LogP contribution in [-0.2, 0) is 0 Å². The molecule has 0 amide bonds. The summed E-state index contributed by atoms with van der Waals surface area (Å²) in [5.74, 6) is 0.381. The first-order valence-corrected chi connectivity index (χ1v) is 6.28. The maximum atomic E-state index is 5.78. The topological polar surface area (TPSA) is 79.4 Å². The number of hydrogen-bond acceptors (Lipinski definition) is 6. The van der Waals surface area contributed by atoms with Crippen LogP contribution in [0.4, 0.5) is 17.2 Å². The van der Waals surface area contributed by atoms with Crippen LogP contribution in [0.15, 0.2) is 35.7 Å². The van der Waals surface area contributed by atoms with Crippen LogP contribution in [0.5, 0.6) is 0 Å². The normalized spacial score (nSPS) is 10.8. The van der Waals surface area contributed by atoms with E-state index in [1.165, 1.54) is 6.33 Å². The van der Waals surface area contributed by atoms with Gasteiger partial charge in [0.25, 0.3) is 0 Å². The average Bonchev–Trinajstić information content (AvgIpc) is 2.44. The monoisotopic (exact) mass is 290 g/mol. The van der Waals surface area contributed by atoms with Gasteiger partial charge in [0.1, 0.15) is 12.0 Å². The summed E-state index contributed by atoms with van der Waals surface area (Å²) < 4.78 is 0. The Labute approximate surface area is 122 Å². The molecule has 6 nitrogen and oxygen atoms in total. The summed E-state index contributed by atoms with van der Waals surface area (Å²) >= 11 is 5.78. The van der Waals surface area contributed by atoms with Gasteiger partial charge >= 0.3 is 0 Å². The summed E-state index contributed by atoms with van der Waals surface area (Å²) in [5, 5.41) is 4.27. The highest BCUT2D eigenvalue weighted by Crippen LogP contribution is 2.21. The van der Waals surface area contributed by atoms with E-state index >= 15 is 0 Å². The van der Waals surface area contributed by atoms with Crippen molar-refractivity contribution in [3.05, 3.63) is 41.3 Å². The number of hydrazone groups is 1. The summed E-state index contributed by atoms with van der Waals surface area (Å²) in [6.07, 6.45) is 3.00. The Balaban J connectivity index is 2.04. The lowest BCUT2D eigenvalue weighted by molar-refractivity contribution is 1.13. The summed E-state index contributed by atoms with van der Waals surface area (Å²) in [4.78, 5) is 9.75. The molecule has 2 rings (SSSR count). The number of nitrogens with zero attached hydrogens (tertiary/aromatic N) is 4. The van der Waals surface area contributed by atoms with Gasteiger partial charge < -0.3 is 10.6 Å². The van der Waals surface area contributed by atoms with Crippen LogP contribution in [0.2, 0.25) is 5.15 Å². The molecule has 1 heterocycles. The zero-order valence-electron chi connectivity index (χ0n) is 11.2. The second kappa shape index (κ2) is 6.21. The van der Waals surface area contributed by atoms with E-state index in [4.69, 9.17) is 17.3 Å². The SMILES string of the molecule is CN(C)c1ccc(/C=N\Nc2ncnc(Cl)c2N)cc1. The van der Waals surface area contributed by atoms with E-state index in [-0.39, 0.29) is 10.8 Å². The highest BCUT2D eigenvalue weighted by atomic mass is 35.5. The minimum absolute atomic E-state index is 0.202. The fraction of sp³-hybridized carbons (Fsp3) is 0.154. The number of nitrogens with one attached hydrogen (secondary N) is 1. The Hall–Kier alpha value is -2.34. The van der Waals surface area contributed by atoms with Gasteiger partial charge in [-0.1, -0.05) is 23.7 Å². The molecule has 20 heavy (non-hydrogen) atoms. The van der Waals surface area contributed by atoms with Gasteiger partial charge in [-0.15, -0.1) is 0 Å². The standard InChI is InChI=1S/C13H15ClN6/c1-20(2)10-5-3-9(4-6-10)7-18-19-13-11(15)12(14)16-8-17-13/h3-8H,15H2,1-2H3,(H,16,17,19)/b18-7-. The summed E-state index contributed by atoms with van der Waals surface area (Å²) in [6, 6.07) is 7.96. The summed E-state index contributed by atoms with van der Waals surface area (Å²) in [5.41, 5.74) is 10.8. The van der Waals surface area contributed by atoms with E-state index in [2.05, 4.69) is 20.5 Å². The first-order chi connectivity index (χ1) is 9.58. The van der Waals surface area contributed by atoms with Crippen molar-refractivity contribution >= 4 is 35.0 Å². The van der Waals surface area contributed by atoms with Gasteiger partial charge in [-0.3, -0.25) is 5.43 Å². The number of halogens is 1. The number of anilines is 3. The molecule has 0 atom stereocenters. The quantitative estimate of drug-likeness (QED) is 0.513. The van der Waals surface area contributed by atoms with Gasteiger partial charge in [0.05, 0.1) is 6.21 Å². The second-order valence-electron chi connectivity index (χ2n) is 4.28. The smallest absolute Gasteiger partial charge is 0.174 e. The zero-order chi connectivity index (χ0) is 14.5. The van der Waals surface area contributed by atoms with Crippen LogP contribution < -0.4 is 16.1 Å². The first-order valence-electron chi connectivity index (χ1n) is 5.90. The molecule has 0 radical (unpaired) electrons. The Morgan fingerprint density at radius 1 is 1.25 bits per heavy atom. The highest BCUT2D eigenvalue weighted by molar-refractivity contribution is 6.32. The van der Waals surface area contributed by atoms with Crippen LogP contribution in [0.3, 0.4) is 0 Å². The van der Waals surface area contributed by atoms with E-state index in [0.29, 0.717) is 5.82 Å². The molecule has 1 aromatic heterocycles. The van der Waals surface area contributed by atoms with Gasteiger partial charge in [-0.25, -0.2) is 9.97 Å². The lowest BCUT2D eigenvalue weighted by Gasteiger charge is -2.11. The molecule has 0 saturated heterocycles. The molecule has 0 aliphatic carbocycles. The largest absolute Gasteiger partial charge is 0.393 e. The van der Waals surface area contributed by atoms with Crippen LogP contribution in [0.25, 0.3) is 0 Å². The molecule has 0 bridgehead atoms. The van der Waals surface area contributed by atoms with E-state index < -0.39 is 0 Å². The molecule has 2 aromatic rings. The van der Waals surface area contributed by atoms with Crippen LogP contribution in [0.1, 0.15) is 5.56 Å². The number of rotatable bonds is 4. The predicted octanol–water partition coefficient (Wildman–Crippen LogP) is 2.22. The van der Waals surface area contributed by atoms with E-state index in [9.17, 15) is 0 Å². The van der Waals surface area contributed by atoms with Gasteiger partial charge in [0.2, 0.25) is 0 Å². The molecule has 0 saturated carbocycles. The maximum Gasteiger partial charge on any atom is 0.174 e. The summed E-state index contributed by atoms with van der Waals surface area (Å²) in [7, 11) is 3.98. The average molecular weight is 291 g/mol. The lowest BCUT2D eigenvalue weighted by Crippen LogP contribution is -2.08. The number of nitrogen functional groups attached to an aromatic ring is 1. The van der Waals surface area contributed by atoms with Crippen molar-refractivity contribution in [3.8, 4) is 0 Å². The van der Waals surface area contributed by atoms with Crippen molar-refractivity contribution in [3.63, 3.8) is 0 Å². The van der Waals surface area contributed by atoms with Gasteiger partial charge in [-0.05, 0) is 17.7 Å². The number of hydrogen-bond donors (Lipinski definition) is 2. The van der Waals surface area contributed by atoms with E-state index in [0.717, 1.165) is 11.3 Å². The van der Waals surface area contributed by atoms with Crippen molar-refractivity contribution in [2.24, 2.45) is 5.10 Å². The fourth-order valence-electron chi connectivity index (χ4n) is 1.49. The van der Waals surface area contributed by atoms with Crippen molar-refractivity contribution in [1.29, 1.82) is 0 Å². The molecule has 7 heteroatoms. The molecule has 0 aliphatic heterocycles. The zero-order valence-corrected chi connectivity index (χ0v) is 12.0. The van der Waals surface area contributed by atoms with Crippen LogP contribution in [0, 0.1) is 0 Å². The Morgan fingerprint density at radius 2 is 1.95 bits per heavy atom. The number of benzene rings is 1. The van der Waals surface area contributed by atoms with Crippen molar-refractivity contribution in [1.82, 2.24) is 9.97 Å². The molecule has 104 valence electrons. The third-order valence-corrected chi connectivity index (χ3v) is 2.93. The molecule has 0 unspecified atom stereocenters. The molecule has 0 aliphatic rings. The third-order valence-electron chi connectivity index (χ3n) is 2.63. The molecule has 0 spiro atoms. The maximum absolute atomic E-state index is 5.78. The molecular formula is C13H15ClN6. The number of nitrogens with two attached hydrogens (primary N) is 1. The van der Waals surface area contributed by atoms with Gasteiger partial charge in [0, 0.05) is 19.8 Å². The van der Waals surface area contributed by atoms with E-state index in [1.807, 2.05) is 43.3 Å². The molecule has 1 aromatic carbocycles. The highest BCUT2D eigenvalue weighted by Gasteiger charge is 2.03. The molecule has 3 N–H and O–H groups in total. The van der Waals surface area contributed by atoms with Gasteiger partial charge in [-0.2, -0.15) is 5.10 Å². The summed E-state index contributed by atoms with van der Waals surface area (Å²) in [6.45, 7) is 0. The van der Waals surface area contributed by atoms with Crippen molar-refractivity contribution < 1.29 is 0 Å². The number of aromatic nitrogens is 2. The lowest BCUT2D eigenvalue weighted by atomic mass is 10.2. The first kappa shape index (κ1) is 14.1. The fourth-order valence-corrected chi connectivity index (χ4v) is 1.62. The Morgan fingerprint density at radius 3 is 2.60 bits per heavy atom. The van der Waals surface area contributed by atoms with Crippen molar-refractivity contribution in [2.45, 2.75) is 0 Å². The molecule has 0 fully saturated rings.